The number of carbonyl (C=O) groups is 1. The van der Waals surface area contributed by atoms with E-state index in [1.165, 1.54) is 0 Å². The molecule has 96 valence electrons. The third kappa shape index (κ3) is 2.44. The van der Waals surface area contributed by atoms with Crippen LogP contribution in [0.3, 0.4) is 0 Å². The maximum Gasteiger partial charge on any atom is 0.171 e. The van der Waals surface area contributed by atoms with Crippen LogP contribution in [-0.2, 0) is 16.0 Å². The van der Waals surface area contributed by atoms with E-state index in [1.807, 2.05) is 38.1 Å². The zero-order valence-electron chi connectivity index (χ0n) is 10.9. The molecular formula is C14H17NO2S. The fourth-order valence-corrected chi connectivity index (χ4v) is 2.74. The summed E-state index contributed by atoms with van der Waals surface area (Å²) in [6, 6.07) is 7.93. The Labute approximate surface area is 111 Å². The van der Waals surface area contributed by atoms with Gasteiger partial charge in [-0.2, -0.15) is 0 Å². The van der Waals surface area contributed by atoms with Crippen LogP contribution in [0.15, 0.2) is 24.3 Å². The molecule has 4 heteroatoms. The summed E-state index contributed by atoms with van der Waals surface area (Å²) in [5.41, 5.74) is 0.263. The smallest absolute Gasteiger partial charge is 0.171 e. The minimum Gasteiger partial charge on any atom is -0.371 e. The first-order chi connectivity index (χ1) is 8.59. The first kappa shape index (κ1) is 13.2. The molecule has 1 aromatic heterocycles. The zero-order chi connectivity index (χ0) is 13.2. The molecule has 0 radical (unpaired) electrons. The lowest BCUT2D eigenvalue weighted by atomic mass is 9.95. The van der Waals surface area contributed by atoms with Crippen molar-refractivity contribution in [1.82, 2.24) is 4.98 Å². The van der Waals surface area contributed by atoms with Crippen molar-refractivity contribution >= 4 is 27.3 Å². The van der Waals surface area contributed by atoms with E-state index >= 15 is 0 Å². The average molecular weight is 263 g/mol. The molecule has 1 aromatic carbocycles. The van der Waals surface area contributed by atoms with E-state index in [9.17, 15) is 4.79 Å². The number of hydrogen-bond acceptors (Lipinski definition) is 4. The number of hydrogen-bond donors (Lipinski definition) is 0. The number of para-hydroxylation sites is 1. The van der Waals surface area contributed by atoms with E-state index in [1.54, 1.807) is 18.4 Å². The van der Waals surface area contributed by atoms with Gasteiger partial charge in [-0.1, -0.05) is 19.1 Å². The van der Waals surface area contributed by atoms with Crippen LogP contribution in [0.25, 0.3) is 10.2 Å². The number of Topliss-reactive ketones (excluding diaryl/α,β-unsaturated/α-hetero) is 1. The summed E-state index contributed by atoms with van der Waals surface area (Å²) in [4.78, 5) is 16.7. The third-order valence-corrected chi connectivity index (χ3v) is 4.40. The standard InChI is InChI=1S/C14H17NO2S/c1-4-14(2,17-3)12(16)9-13-15-10-7-5-6-8-11(10)18-13/h5-8H,4,9H2,1-3H3. The monoisotopic (exact) mass is 263 g/mol. The van der Waals surface area contributed by atoms with Gasteiger partial charge in [-0.15, -0.1) is 11.3 Å². The first-order valence-electron chi connectivity index (χ1n) is 6.02. The minimum atomic E-state index is -0.697. The van der Waals surface area contributed by atoms with Crippen molar-refractivity contribution < 1.29 is 9.53 Å². The van der Waals surface area contributed by atoms with E-state index in [4.69, 9.17) is 4.74 Å². The SMILES string of the molecule is CCC(C)(OC)C(=O)Cc1nc2ccccc2s1. The fourth-order valence-electron chi connectivity index (χ4n) is 1.78. The second-order valence-corrected chi connectivity index (χ2v) is 5.58. The topological polar surface area (TPSA) is 39.2 Å². The van der Waals surface area contributed by atoms with Crippen LogP contribution < -0.4 is 0 Å². The number of ketones is 1. The van der Waals surface area contributed by atoms with E-state index in [2.05, 4.69) is 4.98 Å². The molecule has 1 unspecified atom stereocenters. The Balaban J connectivity index is 2.21. The van der Waals surface area contributed by atoms with Gasteiger partial charge >= 0.3 is 0 Å². The lowest BCUT2D eigenvalue weighted by molar-refractivity contribution is -0.138. The van der Waals surface area contributed by atoms with Crippen molar-refractivity contribution in [2.45, 2.75) is 32.3 Å². The van der Waals surface area contributed by atoms with Crippen molar-refractivity contribution in [2.75, 3.05) is 7.11 Å². The molecule has 0 aliphatic rings. The summed E-state index contributed by atoms with van der Waals surface area (Å²) in [6.07, 6.45) is 1.02. The summed E-state index contributed by atoms with van der Waals surface area (Å²) in [7, 11) is 1.58. The van der Waals surface area contributed by atoms with E-state index in [0.717, 1.165) is 15.2 Å². The molecule has 0 spiro atoms. The number of rotatable bonds is 5. The number of methoxy groups -OCH3 is 1. The van der Waals surface area contributed by atoms with Crippen LogP contribution in [0.5, 0.6) is 0 Å². The first-order valence-corrected chi connectivity index (χ1v) is 6.83. The van der Waals surface area contributed by atoms with E-state index < -0.39 is 5.60 Å². The van der Waals surface area contributed by atoms with Gasteiger partial charge in [0.25, 0.3) is 0 Å². The van der Waals surface area contributed by atoms with Gasteiger partial charge in [0.05, 0.1) is 16.6 Å². The molecule has 0 saturated heterocycles. The van der Waals surface area contributed by atoms with Gasteiger partial charge in [0.15, 0.2) is 5.78 Å². The maximum absolute atomic E-state index is 12.2. The largest absolute Gasteiger partial charge is 0.371 e. The van der Waals surface area contributed by atoms with Crippen LogP contribution >= 0.6 is 11.3 Å². The van der Waals surface area contributed by atoms with Gasteiger partial charge in [0, 0.05) is 7.11 Å². The number of carbonyl (C=O) groups excluding carboxylic acids is 1. The van der Waals surface area contributed by atoms with Crippen molar-refractivity contribution in [1.29, 1.82) is 0 Å². The molecule has 0 bridgehead atoms. The van der Waals surface area contributed by atoms with Gasteiger partial charge < -0.3 is 4.74 Å². The summed E-state index contributed by atoms with van der Waals surface area (Å²) >= 11 is 1.58. The summed E-state index contributed by atoms with van der Waals surface area (Å²) in [5.74, 6) is 0.0894. The molecule has 0 fully saturated rings. The molecule has 0 amide bonds. The molecule has 0 aliphatic carbocycles. The molecule has 0 N–H and O–H groups in total. The number of fused-ring (bicyclic) bond motifs is 1. The Bertz CT molecular complexity index is 525. The molecule has 0 aliphatic heterocycles. The van der Waals surface area contributed by atoms with E-state index in [0.29, 0.717) is 12.8 Å². The van der Waals surface area contributed by atoms with Crippen molar-refractivity contribution in [3.05, 3.63) is 29.3 Å². The molecule has 0 saturated carbocycles. The molecule has 2 rings (SSSR count). The van der Waals surface area contributed by atoms with Crippen LogP contribution in [0.2, 0.25) is 0 Å². The number of nitrogens with zero attached hydrogens (tertiary/aromatic N) is 1. The van der Waals surface area contributed by atoms with Crippen LogP contribution in [0.4, 0.5) is 0 Å². The zero-order valence-corrected chi connectivity index (χ0v) is 11.7. The Morgan fingerprint density at radius 2 is 2.17 bits per heavy atom. The molecule has 1 atom stereocenters. The molecule has 3 nitrogen and oxygen atoms in total. The van der Waals surface area contributed by atoms with Gasteiger partial charge in [-0.05, 0) is 25.5 Å². The van der Waals surface area contributed by atoms with E-state index in [-0.39, 0.29) is 5.78 Å². The van der Waals surface area contributed by atoms with Gasteiger partial charge in [-0.25, -0.2) is 4.98 Å². The number of benzene rings is 1. The second kappa shape index (κ2) is 5.16. The van der Waals surface area contributed by atoms with Gasteiger partial charge in [0.1, 0.15) is 10.6 Å². The summed E-state index contributed by atoms with van der Waals surface area (Å²) in [5, 5.41) is 0.859. The normalized spacial score (nSPS) is 14.6. The Morgan fingerprint density at radius 1 is 1.44 bits per heavy atom. The maximum atomic E-state index is 12.2. The number of ether oxygens (including phenoxy) is 1. The summed E-state index contributed by atoms with van der Waals surface area (Å²) in [6.45, 7) is 3.79. The van der Waals surface area contributed by atoms with Crippen molar-refractivity contribution in [3.8, 4) is 0 Å². The highest BCUT2D eigenvalue weighted by Gasteiger charge is 2.31. The Morgan fingerprint density at radius 3 is 2.78 bits per heavy atom. The predicted molar refractivity (Wildman–Crippen MR) is 74.0 cm³/mol. The predicted octanol–water partition coefficient (Wildman–Crippen LogP) is 3.22. The molecule has 2 aromatic rings. The van der Waals surface area contributed by atoms with Gasteiger partial charge in [-0.3, -0.25) is 4.79 Å². The van der Waals surface area contributed by atoms with Crippen LogP contribution in [-0.4, -0.2) is 23.5 Å². The minimum absolute atomic E-state index is 0.0894. The van der Waals surface area contributed by atoms with Crippen LogP contribution in [0, 0.1) is 0 Å². The number of aromatic nitrogens is 1. The van der Waals surface area contributed by atoms with Gasteiger partial charge in [0.2, 0.25) is 0 Å². The molecule has 18 heavy (non-hydrogen) atoms. The molecule has 1 heterocycles. The highest BCUT2D eigenvalue weighted by Crippen LogP contribution is 2.24. The second-order valence-electron chi connectivity index (χ2n) is 4.46. The highest BCUT2D eigenvalue weighted by atomic mass is 32.1. The molecular weight excluding hydrogens is 246 g/mol. The van der Waals surface area contributed by atoms with Crippen molar-refractivity contribution in [3.63, 3.8) is 0 Å². The van der Waals surface area contributed by atoms with Crippen LogP contribution in [0.1, 0.15) is 25.3 Å². The average Bonchev–Trinajstić information content (AvgIpc) is 2.79. The number of thiazole rings is 1. The quantitative estimate of drug-likeness (QED) is 0.831. The lowest BCUT2D eigenvalue weighted by Gasteiger charge is -2.24. The Kier molecular flexibility index (Phi) is 3.78. The third-order valence-electron chi connectivity index (χ3n) is 3.36. The summed E-state index contributed by atoms with van der Waals surface area (Å²) < 4.78 is 6.44. The Hall–Kier alpha value is -1.26. The van der Waals surface area contributed by atoms with Crippen molar-refractivity contribution in [2.24, 2.45) is 0 Å². The fraction of sp³-hybridized carbons (Fsp3) is 0.429. The lowest BCUT2D eigenvalue weighted by Crippen LogP contribution is -2.37. The highest BCUT2D eigenvalue weighted by molar-refractivity contribution is 7.18.